The largest absolute Gasteiger partial charge is 0.382 e. The zero-order valence-electron chi connectivity index (χ0n) is 6.40. The van der Waals surface area contributed by atoms with Gasteiger partial charge in [0.05, 0.1) is 6.33 Å². The van der Waals surface area contributed by atoms with Gasteiger partial charge in [0.25, 0.3) is 0 Å². The first kappa shape index (κ1) is 9.17. The van der Waals surface area contributed by atoms with Crippen LogP contribution < -0.4 is 5.73 Å². The van der Waals surface area contributed by atoms with Crippen LogP contribution in [-0.2, 0) is 0 Å². The Morgan fingerprint density at radius 3 is 2.92 bits per heavy atom. The van der Waals surface area contributed by atoms with Crippen LogP contribution in [0.4, 0.5) is 5.82 Å². The number of nitrogens with zero attached hydrogens (tertiary/aromatic N) is 3. The molecule has 0 saturated carbocycles. The van der Waals surface area contributed by atoms with E-state index in [1.807, 2.05) is 0 Å². The van der Waals surface area contributed by atoms with E-state index in [2.05, 4.69) is 19.9 Å². The van der Waals surface area contributed by atoms with E-state index in [-0.39, 0.29) is 24.0 Å². The van der Waals surface area contributed by atoms with E-state index in [0.717, 1.165) is 0 Å². The Kier molecular flexibility index (Phi) is 2.46. The Labute approximate surface area is 85.8 Å². The number of rotatable bonds is 0. The van der Waals surface area contributed by atoms with Gasteiger partial charge in [-0.1, -0.05) is 0 Å². The predicted octanol–water partition coefficient (Wildman–Crippen LogP) is 0.862. The molecule has 0 bridgehead atoms. The number of aromatic amines is 1. The van der Waals surface area contributed by atoms with Crippen LogP contribution in [0.15, 0.2) is 6.33 Å². The Hall–Kier alpha value is -0.920. The summed E-state index contributed by atoms with van der Waals surface area (Å²) in [6.45, 7) is 1.78. The molecule has 0 saturated heterocycles. The van der Waals surface area contributed by atoms with E-state index < -0.39 is 0 Å². The molecule has 0 aliphatic heterocycles. The molecule has 0 atom stereocenters. The van der Waals surface area contributed by atoms with Crippen LogP contribution in [0.2, 0.25) is 0 Å². The summed E-state index contributed by atoms with van der Waals surface area (Å²) >= 11 is 0. The van der Waals surface area contributed by atoms with Crippen molar-refractivity contribution in [1.29, 1.82) is 0 Å². The van der Waals surface area contributed by atoms with E-state index in [1.54, 1.807) is 13.3 Å². The summed E-state index contributed by atoms with van der Waals surface area (Å²) < 4.78 is 0. The number of anilines is 1. The van der Waals surface area contributed by atoms with E-state index in [4.69, 9.17) is 5.73 Å². The van der Waals surface area contributed by atoms with Gasteiger partial charge in [-0.25, -0.2) is 15.0 Å². The van der Waals surface area contributed by atoms with Crippen molar-refractivity contribution < 1.29 is 0 Å². The van der Waals surface area contributed by atoms with Gasteiger partial charge in [0.2, 0.25) is 0 Å². The number of aryl methyl sites for hydroxylation is 1. The number of imidazole rings is 1. The van der Waals surface area contributed by atoms with Gasteiger partial charge in [-0.15, -0.1) is 24.0 Å². The molecule has 0 unspecified atom stereocenters. The van der Waals surface area contributed by atoms with E-state index in [1.165, 1.54) is 0 Å². The lowest BCUT2D eigenvalue weighted by molar-refractivity contribution is 1.09. The number of nitrogen functional groups attached to an aromatic ring is 1. The molecule has 5 nitrogen and oxygen atoms in total. The molecule has 0 aliphatic carbocycles. The fourth-order valence-electron chi connectivity index (χ4n) is 0.969. The van der Waals surface area contributed by atoms with Gasteiger partial charge in [-0.05, 0) is 6.92 Å². The van der Waals surface area contributed by atoms with Gasteiger partial charge in [-0.2, -0.15) is 0 Å². The fraction of sp³-hybridized carbons (Fsp3) is 0.167. The molecular formula is C6H8IN5. The maximum Gasteiger partial charge on any atom is 0.183 e. The summed E-state index contributed by atoms with van der Waals surface area (Å²) in [5, 5.41) is 0. The minimum atomic E-state index is 0. The van der Waals surface area contributed by atoms with Crippen molar-refractivity contribution in [3.8, 4) is 0 Å². The third kappa shape index (κ3) is 1.33. The SMILES string of the molecule is Cc1nc(N)c2[nH]cnc2n1.I. The highest BCUT2D eigenvalue weighted by Gasteiger charge is 2.02. The van der Waals surface area contributed by atoms with Crippen LogP contribution in [0.1, 0.15) is 5.82 Å². The van der Waals surface area contributed by atoms with Crippen LogP contribution in [0.3, 0.4) is 0 Å². The lowest BCUT2D eigenvalue weighted by Gasteiger charge is -1.94. The number of aromatic nitrogens is 4. The molecule has 2 rings (SSSR count). The van der Waals surface area contributed by atoms with Crippen molar-refractivity contribution in [1.82, 2.24) is 19.9 Å². The van der Waals surface area contributed by atoms with Crippen molar-refractivity contribution in [3.63, 3.8) is 0 Å². The van der Waals surface area contributed by atoms with Gasteiger partial charge in [0.15, 0.2) is 11.5 Å². The average Bonchev–Trinajstić information content (AvgIpc) is 2.34. The first-order valence-corrected chi connectivity index (χ1v) is 3.20. The second-order valence-electron chi connectivity index (χ2n) is 2.26. The van der Waals surface area contributed by atoms with Crippen molar-refractivity contribution in [2.24, 2.45) is 0 Å². The van der Waals surface area contributed by atoms with E-state index in [9.17, 15) is 0 Å². The van der Waals surface area contributed by atoms with E-state index >= 15 is 0 Å². The Bertz CT molecular complexity index is 396. The summed E-state index contributed by atoms with van der Waals surface area (Å²) in [5.74, 6) is 1.09. The van der Waals surface area contributed by atoms with Crippen LogP contribution in [-0.4, -0.2) is 19.9 Å². The smallest absolute Gasteiger partial charge is 0.183 e. The number of hydrogen-bond acceptors (Lipinski definition) is 4. The van der Waals surface area contributed by atoms with Crippen molar-refractivity contribution in [2.75, 3.05) is 5.73 Å². The van der Waals surface area contributed by atoms with Crippen molar-refractivity contribution in [3.05, 3.63) is 12.2 Å². The van der Waals surface area contributed by atoms with Gasteiger partial charge >= 0.3 is 0 Å². The number of nitrogens with one attached hydrogen (secondary N) is 1. The zero-order chi connectivity index (χ0) is 7.84. The second kappa shape index (κ2) is 3.21. The van der Waals surface area contributed by atoms with Crippen LogP contribution in [0.25, 0.3) is 11.2 Å². The van der Waals surface area contributed by atoms with Crippen LogP contribution in [0, 0.1) is 6.92 Å². The molecule has 0 amide bonds. The highest BCUT2D eigenvalue weighted by atomic mass is 127. The van der Waals surface area contributed by atoms with Gasteiger partial charge in [-0.3, -0.25) is 0 Å². The molecule has 2 heterocycles. The predicted molar refractivity (Wildman–Crippen MR) is 56.2 cm³/mol. The normalized spacial score (nSPS) is 9.75. The lowest BCUT2D eigenvalue weighted by Crippen LogP contribution is -1.96. The molecule has 3 N–H and O–H groups in total. The van der Waals surface area contributed by atoms with Crippen molar-refractivity contribution >= 4 is 41.0 Å². The van der Waals surface area contributed by atoms with Crippen LogP contribution in [0.5, 0.6) is 0 Å². The minimum absolute atomic E-state index is 0. The zero-order valence-corrected chi connectivity index (χ0v) is 8.73. The summed E-state index contributed by atoms with van der Waals surface area (Å²) in [7, 11) is 0. The van der Waals surface area contributed by atoms with Gasteiger partial charge < -0.3 is 10.7 Å². The first-order valence-electron chi connectivity index (χ1n) is 3.20. The van der Waals surface area contributed by atoms with Gasteiger partial charge in [0.1, 0.15) is 11.3 Å². The van der Waals surface area contributed by atoms with Crippen molar-refractivity contribution in [2.45, 2.75) is 6.92 Å². The molecule has 0 radical (unpaired) electrons. The monoisotopic (exact) mass is 277 g/mol. The molecule has 64 valence electrons. The Morgan fingerprint density at radius 2 is 2.17 bits per heavy atom. The quantitative estimate of drug-likeness (QED) is 0.700. The molecular weight excluding hydrogens is 269 g/mol. The first-order chi connectivity index (χ1) is 5.27. The maximum absolute atomic E-state index is 5.58. The molecule has 0 fully saturated rings. The Balaban J connectivity index is 0.000000720. The summed E-state index contributed by atoms with van der Waals surface area (Å²) in [6, 6.07) is 0. The summed E-state index contributed by atoms with van der Waals surface area (Å²) in [5.41, 5.74) is 6.90. The molecule has 0 aliphatic rings. The number of H-pyrrole nitrogens is 1. The van der Waals surface area contributed by atoms with Gasteiger partial charge in [0, 0.05) is 0 Å². The number of hydrogen-bond donors (Lipinski definition) is 2. The number of fused-ring (bicyclic) bond motifs is 1. The highest BCUT2D eigenvalue weighted by Crippen LogP contribution is 2.11. The average molecular weight is 277 g/mol. The number of halogens is 1. The number of nitrogens with two attached hydrogens (primary N) is 1. The standard InChI is InChI=1S/C6H7N5.HI/c1-3-10-5(7)4-6(11-3)9-2-8-4;/h2H,1H3,(H3,7,8,9,10,11);1H. The third-order valence-electron chi connectivity index (χ3n) is 1.43. The second-order valence-corrected chi connectivity index (χ2v) is 2.26. The molecule has 0 spiro atoms. The highest BCUT2D eigenvalue weighted by molar-refractivity contribution is 14.0. The topological polar surface area (TPSA) is 80.5 Å². The summed E-state index contributed by atoms with van der Waals surface area (Å²) in [6.07, 6.45) is 1.55. The minimum Gasteiger partial charge on any atom is -0.382 e. The molecule has 12 heavy (non-hydrogen) atoms. The summed E-state index contributed by atoms with van der Waals surface area (Å²) in [4.78, 5) is 14.8. The molecule has 2 aromatic heterocycles. The lowest BCUT2D eigenvalue weighted by atomic mass is 10.5. The fourth-order valence-corrected chi connectivity index (χ4v) is 0.969. The Morgan fingerprint density at radius 1 is 1.42 bits per heavy atom. The molecule has 2 aromatic rings. The maximum atomic E-state index is 5.58. The third-order valence-corrected chi connectivity index (χ3v) is 1.43. The van der Waals surface area contributed by atoms with Crippen LogP contribution >= 0.6 is 24.0 Å². The molecule has 6 heteroatoms. The molecule has 0 aromatic carbocycles. The van der Waals surface area contributed by atoms with E-state index in [0.29, 0.717) is 22.8 Å².